The molecule has 0 saturated carbocycles. The van der Waals surface area contributed by atoms with Crippen LogP contribution in [0.25, 0.3) is 10.9 Å². The number of aromatic nitrogens is 1. The van der Waals surface area contributed by atoms with Crippen molar-refractivity contribution in [3.05, 3.63) is 88.6 Å². The fraction of sp³-hybridized carbons (Fsp3) is 0.222. The number of carbonyl (C=O) groups excluding carboxylic acids is 1. The van der Waals surface area contributed by atoms with Crippen molar-refractivity contribution in [2.45, 2.75) is 12.0 Å². The van der Waals surface area contributed by atoms with Gasteiger partial charge in [0.1, 0.15) is 5.75 Å². The van der Waals surface area contributed by atoms with E-state index in [-0.39, 0.29) is 17.9 Å². The third-order valence-corrected chi connectivity index (χ3v) is 6.95. The van der Waals surface area contributed by atoms with Gasteiger partial charge in [0.25, 0.3) is 5.91 Å². The Morgan fingerprint density at radius 3 is 2.42 bits per heavy atom. The molecule has 2 unspecified atom stereocenters. The minimum absolute atomic E-state index is 0.0319. The number of para-hydroxylation sites is 1. The number of nitrogens with zero attached hydrogens (tertiary/aromatic N) is 1. The van der Waals surface area contributed by atoms with Crippen LogP contribution in [0.15, 0.2) is 60.7 Å². The van der Waals surface area contributed by atoms with Gasteiger partial charge in [0, 0.05) is 29.1 Å². The van der Waals surface area contributed by atoms with Crippen LogP contribution in [0.1, 0.15) is 44.7 Å². The molecule has 1 N–H and O–H groups in total. The summed E-state index contributed by atoms with van der Waals surface area (Å²) in [6, 6.07) is 20.2. The molecule has 2 atom stereocenters. The summed E-state index contributed by atoms with van der Waals surface area (Å²) in [7, 11) is 4.84. The second-order valence-corrected chi connectivity index (χ2v) is 8.45. The maximum Gasteiger partial charge on any atom is 0.259 e. The highest BCUT2D eigenvalue weighted by molar-refractivity contribution is 6.04. The minimum Gasteiger partial charge on any atom is -0.497 e. The molecule has 6 heteroatoms. The van der Waals surface area contributed by atoms with Crippen LogP contribution < -0.4 is 14.2 Å². The van der Waals surface area contributed by atoms with Gasteiger partial charge in [-0.25, -0.2) is 0 Å². The molecule has 0 radical (unpaired) electrons. The fourth-order valence-corrected chi connectivity index (χ4v) is 5.49. The third-order valence-electron chi connectivity index (χ3n) is 6.95. The Bertz CT molecular complexity index is 1390. The van der Waals surface area contributed by atoms with E-state index in [0.29, 0.717) is 23.6 Å². The van der Waals surface area contributed by atoms with Gasteiger partial charge in [-0.3, -0.25) is 4.79 Å². The molecule has 0 fully saturated rings. The Labute approximate surface area is 191 Å². The van der Waals surface area contributed by atoms with Gasteiger partial charge in [0.2, 0.25) is 0 Å². The molecule has 6 rings (SSSR count). The van der Waals surface area contributed by atoms with Crippen LogP contribution in [0.2, 0.25) is 0 Å². The summed E-state index contributed by atoms with van der Waals surface area (Å²) in [6.45, 7) is 0.574. The van der Waals surface area contributed by atoms with Crippen molar-refractivity contribution < 1.29 is 19.0 Å². The first-order valence-corrected chi connectivity index (χ1v) is 11.0. The Hall–Kier alpha value is -3.93. The number of methoxy groups -OCH3 is 3. The van der Waals surface area contributed by atoms with E-state index < -0.39 is 0 Å². The van der Waals surface area contributed by atoms with E-state index in [4.69, 9.17) is 14.2 Å². The molecule has 1 amide bonds. The van der Waals surface area contributed by atoms with Crippen LogP contribution in [0, 0.1) is 0 Å². The Kier molecular flexibility index (Phi) is 4.37. The molecule has 3 heterocycles. The van der Waals surface area contributed by atoms with Crippen molar-refractivity contribution in [1.29, 1.82) is 0 Å². The van der Waals surface area contributed by atoms with E-state index in [1.807, 2.05) is 35.2 Å². The van der Waals surface area contributed by atoms with E-state index in [1.165, 1.54) is 10.9 Å². The largest absolute Gasteiger partial charge is 0.497 e. The molecule has 4 aromatic rings. The predicted molar refractivity (Wildman–Crippen MR) is 126 cm³/mol. The van der Waals surface area contributed by atoms with Gasteiger partial charge in [0.15, 0.2) is 11.5 Å². The van der Waals surface area contributed by atoms with Gasteiger partial charge in [-0.15, -0.1) is 0 Å². The summed E-state index contributed by atoms with van der Waals surface area (Å²) >= 11 is 0. The molecule has 166 valence electrons. The molecule has 2 aliphatic heterocycles. The number of rotatable bonds is 4. The second kappa shape index (κ2) is 7.30. The summed E-state index contributed by atoms with van der Waals surface area (Å²) in [4.78, 5) is 19.3. The molecule has 0 spiro atoms. The third kappa shape index (κ3) is 2.70. The lowest BCUT2D eigenvalue weighted by Crippen LogP contribution is -2.37. The quantitative estimate of drug-likeness (QED) is 0.491. The number of H-pyrrole nitrogens is 1. The first kappa shape index (κ1) is 19.7. The SMILES string of the molecule is COc1ccc(C2CN3C(=O)c4c(ccc(OC)c4OC)C3c3[nH]c4ccccc4c32)cc1. The zero-order chi connectivity index (χ0) is 22.7. The number of hydrogen-bond donors (Lipinski definition) is 1. The van der Waals surface area contributed by atoms with Crippen molar-refractivity contribution >= 4 is 16.8 Å². The molecule has 1 aromatic heterocycles. The number of amides is 1. The maximum absolute atomic E-state index is 13.7. The number of hydrogen-bond acceptors (Lipinski definition) is 4. The first-order chi connectivity index (χ1) is 16.2. The monoisotopic (exact) mass is 440 g/mol. The van der Waals surface area contributed by atoms with Gasteiger partial charge in [-0.05, 0) is 41.0 Å². The van der Waals surface area contributed by atoms with Crippen LogP contribution in [-0.2, 0) is 0 Å². The standard InChI is InChI=1S/C27H24N2O4/c1-31-16-10-8-15(9-11-16)19-14-29-25(24-22(19)17-6-4-5-7-20(17)28-24)18-12-13-21(32-2)26(33-3)23(18)27(29)30/h4-13,19,25,28H,14H2,1-3H3. The highest BCUT2D eigenvalue weighted by Gasteiger charge is 2.47. The molecule has 0 saturated heterocycles. The number of fused-ring (bicyclic) bond motifs is 7. The highest BCUT2D eigenvalue weighted by Crippen LogP contribution is 2.52. The lowest BCUT2D eigenvalue weighted by atomic mass is 9.83. The summed E-state index contributed by atoms with van der Waals surface area (Å²) in [5.74, 6) is 1.87. The first-order valence-electron chi connectivity index (χ1n) is 11.0. The number of ether oxygens (including phenoxy) is 3. The van der Waals surface area contributed by atoms with Crippen molar-refractivity contribution in [2.24, 2.45) is 0 Å². The summed E-state index contributed by atoms with van der Waals surface area (Å²) in [5.41, 5.74) is 6.05. The molecular formula is C27H24N2O4. The zero-order valence-electron chi connectivity index (χ0n) is 18.7. The Balaban J connectivity index is 1.59. The van der Waals surface area contributed by atoms with Gasteiger partial charge in [-0.2, -0.15) is 0 Å². The predicted octanol–water partition coefficient (Wildman–Crippen LogP) is 4.88. The van der Waals surface area contributed by atoms with E-state index in [0.717, 1.165) is 28.1 Å². The summed E-state index contributed by atoms with van der Waals surface area (Å²) in [6.07, 6.45) is 0. The Morgan fingerprint density at radius 1 is 0.909 bits per heavy atom. The average Bonchev–Trinajstić information content (AvgIpc) is 3.39. The normalized spacial score (nSPS) is 18.6. The number of nitrogens with one attached hydrogen (secondary N) is 1. The van der Waals surface area contributed by atoms with Gasteiger partial charge >= 0.3 is 0 Å². The maximum atomic E-state index is 13.7. The zero-order valence-corrected chi connectivity index (χ0v) is 18.7. The van der Waals surface area contributed by atoms with Crippen LogP contribution in [0.3, 0.4) is 0 Å². The van der Waals surface area contributed by atoms with Gasteiger partial charge < -0.3 is 24.1 Å². The average molecular weight is 440 g/mol. The minimum atomic E-state index is -0.191. The second-order valence-electron chi connectivity index (χ2n) is 8.45. The highest BCUT2D eigenvalue weighted by atomic mass is 16.5. The van der Waals surface area contributed by atoms with E-state index in [9.17, 15) is 4.79 Å². The van der Waals surface area contributed by atoms with E-state index in [2.05, 4.69) is 35.3 Å². The number of carbonyl (C=O) groups is 1. The molecule has 3 aromatic carbocycles. The summed E-state index contributed by atoms with van der Waals surface area (Å²) < 4.78 is 16.5. The smallest absolute Gasteiger partial charge is 0.259 e. The van der Waals surface area contributed by atoms with E-state index in [1.54, 1.807) is 21.3 Å². The lowest BCUT2D eigenvalue weighted by Gasteiger charge is -2.36. The van der Waals surface area contributed by atoms with Crippen LogP contribution in [0.5, 0.6) is 17.2 Å². The molecule has 6 nitrogen and oxygen atoms in total. The number of aromatic amines is 1. The Morgan fingerprint density at radius 2 is 1.70 bits per heavy atom. The van der Waals surface area contributed by atoms with Crippen molar-refractivity contribution in [2.75, 3.05) is 27.9 Å². The molecule has 0 bridgehead atoms. The van der Waals surface area contributed by atoms with Crippen molar-refractivity contribution in [3.63, 3.8) is 0 Å². The van der Waals surface area contributed by atoms with Gasteiger partial charge in [-0.1, -0.05) is 36.4 Å². The fourth-order valence-electron chi connectivity index (χ4n) is 5.49. The van der Waals surface area contributed by atoms with Gasteiger partial charge in [0.05, 0.1) is 32.9 Å². The molecule has 2 aliphatic rings. The van der Waals surface area contributed by atoms with Crippen LogP contribution in [0.4, 0.5) is 0 Å². The van der Waals surface area contributed by atoms with E-state index >= 15 is 0 Å². The number of benzene rings is 3. The topological polar surface area (TPSA) is 63.8 Å². The molecule has 0 aliphatic carbocycles. The summed E-state index contributed by atoms with van der Waals surface area (Å²) in [5, 5.41) is 1.19. The lowest BCUT2D eigenvalue weighted by molar-refractivity contribution is 0.0725. The molecular weight excluding hydrogens is 416 g/mol. The van der Waals surface area contributed by atoms with Crippen LogP contribution in [-0.4, -0.2) is 43.7 Å². The van der Waals surface area contributed by atoms with Crippen molar-refractivity contribution in [3.8, 4) is 17.2 Å². The molecule has 33 heavy (non-hydrogen) atoms. The van der Waals surface area contributed by atoms with Crippen molar-refractivity contribution in [1.82, 2.24) is 9.88 Å². The van der Waals surface area contributed by atoms with Crippen LogP contribution >= 0.6 is 0 Å².